The number of ether oxygens (including phenoxy) is 2. The molecule has 1 heterocycles. The highest BCUT2D eigenvalue weighted by molar-refractivity contribution is 7.99. The van der Waals surface area contributed by atoms with E-state index in [1.165, 1.54) is 7.11 Å². The summed E-state index contributed by atoms with van der Waals surface area (Å²) in [5, 5.41) is 18.4. The van der Waals surface area contributed by atoms with Crippen LogP contribution in [-0.2, 0) is 6.61 Å². The van der Waals surface area contributed by atoms with Crippen molar-refractivity contribution in [3.8, 4) is 34.9 Å². The van der Waals surface area contributed by atoms with Crippen molar-refractivity contribution < 1.29 is 9.47 Å². The van der Waals surface area contributed by atoms with Gasteiger partial charge in [-0.1, -0.05) is 42.1 Å². The van der Waals surface area contributed by atoms with Gasteiger partial charge in [-0.2, -0.15) is 10.5 Å². The van der Waals surface area contributed by atoms with Gasteiger partial charge < -0.3 is 14.5 Å². The van der Waals surface area contributed by atoms with Gasteiger partial charge in [0.1, 0.15) is 18.2 Å². The maximum absolute atomic E-state index is 12.2. The van der Waals surface area contributed by atoms with Crippen LogP contribution in [0.1, 0.15) is 11.1 Å². The second-order valence-electron chi connectivity index (χ2n) is 5.79. The van der Waals surface area contributed by atoms with Gasteiger partial charge in [-0.15, -0.1) is 0 Å². The first-order valence-electron chi connectivity index (χ1n) is 8.55. The molecule has 144 valence electrons. The summed E-state index contributed by atoms with van der Waals surface area (Å²) in [5.41, 5.74) is 1.12. The van der Waals surface area contributed by atoms with Crippen LogP contribution in [0.3, 0.4) is 0 Å². The van der Waals surface area contributed by atoms with E-state index in [4.69, 9.17) is 14.7 Å². The maximum atomic E-state index is 12.2. The zero-order valence-electron chi connectivity index (χ0n) is 15.5. The molecule has 0 fully saturated rings. The summed E-state index contributed by atoms with van der Waals surface area (Å²) in [5.74, 6) is 1.11. The summed E-state index contributed by atoms with van der Waals surface area (Å²) in [6.45, 7) is 0.373. The Morgan fingerprint density at radius 2 is 1.93 bits per heavy atom. The number of nitrogens with one attached hydrogen (secondary N) is 1. The number of benzene rings is 2. The van der Waals surface area contributed by atoms with Gasteiger partial charge >= 0.3 is 0 Å². The highest BCUT2D eigenvalue weighted by Crippen LogP contribution is 2.33. The third-order valence-electron chi connectivity index (χ3n) is 3.96. The molecule has 0 bridgehead atoms. The molecule has 1 aromatic heterocycles. The lowest BCUT2D eigenvalue weighted by molar-refractivity contribution is 0.284. The fourth-order valence-corrected chi connectivity index (χ4v) is 3.13. The van der Waals surface area contributed by atoms with E-state index < -0.39 is 5.56 Å². The summed E-state index contributed by atoms with van der Waals surface area (Å²) in [4.78, 5) is 19.1. The van der Waals surface area contributed by atoms with Crippen molar-refractivity contribution in [2.24, 2.45) is 0 Å². The lowest BCUT2D eigenvalue weighted by atomic mass is 10.1. The maximum Gasteiger partial charge on any atom is 0.270 e. The quantitative estimate of drug-likeness (QED) is 0.474. The normalized spacial score (nSPS) is 10.0. The van der Waals surface area contributed by atoms with Gasteiger partial charge in [-0.25, -0.2) is 4.98 Å². The summed E-state index contributed by atoms with van der Waals surface area (Å²) in [7, 11) is 1.51. The second kappa shape index (κ2) is 9.45. The standard InChI is InChI=1S/C21H16N4O3S/c1-27-18-11-15(7-8-17(18)28-13-14-5-3-2-4-6-14)19-16(12-23)20(26)25-21(24-19)29-10-9-22/h2-8,11H,10,13H2,1H3,(H,24,25,26). The van der Waals surface area contributed by atoms with E-state index in [-0.39, 0.29) is 22.2 Å². The van der Waals surface area contributed by atoms with Gasteiger partial charge in [-0.05, 0) is 23.8 Å². The minimum Gasteiger partial charge on any atom is -0.493 e. The van der Waals surface area contributed by atoms with Crippen LogP contribution in [0, 0.1) is 22.7 Å². The van der Waals surface area contributed by atoms with Gasteiger partial charge in [0, 0.05) is 5.56 Å². The van der Waals surface area contributed by atoms with Crippen molar-refractivity contribution in [3.05, 3.63) is 70.0 Å². The molecule has 0 aliphatic rings. The third kappa shape index (κ3) is 4.75. The Balaban J connectivity index is 1.95. The number of methoxy groups -OCH3 is 1. The number of H-pyrrole nitrogens is 1. The minimum absolute atomic E-state index is 0.105. The molecular weight excluding hydrogens is 388 g/mol. The number of aromatic amines is 1. The van der Waals surface area contributed by atoms with Crippen LogP contribution in [0.15, 0.2) is 58.5 Å². The topological polar surface area (TPSA) is 112 Å². The highest BCUT2D eigenvalue weighted by Gasteiger charge is 2.16. The van der Waals surface area contributed by atoms with E-state index >= 15 is 0 Å². The molecule has 0 aliphatic heterocycles. The van der Waals surface area contributed by atoms with Crippen molar-refractivity contribution in [1.82, 2.24) is 9.97 Å². The molecule has 0 atom stereocenters. The number of hydrogen-bond donors (Lipinski definition) is 1. The molecule has 2 aromatic carbocycles. The second-order valence-corrected chi connectivity index (χ2v) is 6.76. The van der Waals surface area contributed by atoms with E-state index in [0.29, 0.717) is 23.7 Å². The summed E-state index contributed by atoms with van der Waals surface area (Å²) >= 11 is 1.09. The number of aromatic nitrogens is 2. The molecule has 0 aliphatic carbocycles. The highest BCUT2D eigenvalue weighted by atomic mass is 32.2. The summed E-state index contributed by atoms with van der Waals surface area (Å²) < 4.78 is 11.3. The first-order chi connectivity index (χ1) is 14.2. The van der Waals surface area contributed by atoms with Crippen molar-refractivity contribution in [3.63, 3.8) is 0 Å². The first-order valence-corrected chi connectivity index (χ1v) is 9.54. The number of hydrogen-bond acceptors (Lipinski definition) is 7. The molecule has 0 radical (unpaired) electrons. The van der Waals surface area contributed by atoms with E-state index in [0.717, 1.165) is 17.3 Å². The molecule has 1 N–H and O–H groups in total. The van der Waals surface area contributed by atoms with Gasteiger partial charge in [0.2, 0.25) is 0 Å². The molecule has 0 saturated heterocycles. The van der Waals surface area contributed by atoms with E-state index in [1.807, 2.05) is 42.5 Å². The number of thioether (sulfide) groups is 1. The van der Waals surface area contributed by atoms with Crippen LogP contribution in [0.4, 0.5) is 0 Å². The van der Waals surface area contributed by atoms with E-state index in [2.05, 4.69) is 9.97 Å². The fraction of sp³-hybridized carbons (Fsp3) is 0.143. The van der Waals surface area contributed by atoms with Crippen LogP contribution in [0.5, 0.6) is 11.5 Å². The average Bonchev–Trinajstić information content (AvgIpc) is 2.76. The molecule has 3 rings (SSSR count). The van der Waals surface area contributed by atoms with Crippen LogP contribution >= 0.6 is 11.8 Å². The number of nitriles is 2. The predicted octanol–water partition coefficient (Wildman–Crippen LogP) is 3.51. The van der Waals surface area contributed by atoms with Crippen LogP contribution in [-0.4, -0.2) is 22.8 Å². The molecule has 3 aromatic rings. The van der Waals surface area contributed by atoms with Gasteiger partial charge in [0.05, 0.1) is 24.6 Å². The largest absolute Gasteiger partial charge is 0.493 e. The van der Waals surface area contributed by atoms with E-state index in [1.54, 1.807) is 18.2 Å². The van der Waals surface area contributed by atoms with Gasteiger partial charge in [-0.3, -0.25) is 4.79 Å². The molecule has 0 amide bonds. The van der Waals surface area contributed by atoms with Crippen LogP contribution in [0.25, 0.3) is 11.3 Å². The van der Waals surface area contributed by atoms with E-state index in [9.17, 15) is 10.1 Å². The van der Waals surface area contributed by atoms with Gasteiger partial charge in [0.25, 0.3) is 5.56 Å². The third-order valence-corrected chi connectivity index (χ3v) is 4.70. The van der Waals surface area contributed by atoms with Gasteiger partial charge in [0.15, 0.2) is 16.7 Å². The monoisotopic (exact) mass is 404 g/mol. The molecule has 0 unspecified atom stereocenters. The Kier molecular flexibility index (Phi) is 6.51. The molecule has 0 spiro atoms. The zero-order valence-corrected chi connectivity index (χ0v) is 16.3. The SMILES string of the molecule is COc1cc(-c2nc(SCC#N)[nH]c(=O)c2C#N)ccc1OCc1ccccc1. The van der Waals surface area contributed by atoms with Crippen molar-refractivity contribution in [2.75, 3.05) is 12.9 Å². The molecular formula is C21H16N4O3S. The summed E-state index contributed by atoms with van der Waals surface area (Å²) in [6.07, 6.45) is 0. The Morgan fingerprint density at radius 1 is 1.14 bits per heavy atom. The lowest BCUT2D eigenvalue weighted by Crippen LogP contribution is -2.14. The number of rotatable bonds is 7. The smallest absolute Gasteiger partial charge is 0.270 e. The molecule has 29 heavy (non-hydrogen) atoms. The average molecular weight is 404 g/mol. The first kappa shape index (κ1) is 20.0. The Bertz CT molecular complexity index is 1150. The Labute approximate surface area is 171 Å². The molecule has 7 nitrogen and oxygen atoms in total. The fourth-order valence-electron chi connectivity index (χ4n) is 2.60. The Morgan fingerprint density at radius 3 is 2.62 bits per heavy atom. The van der Waals surface area contributed by atoms with Crippen LogP contribution in [0.2, 0.25) is 0 Å². The minimum atomic E-state index is -0.554. The van der Waals surface area contributed by atoms with Crippen molar-refractivity contribution in [1.29, 1.82) is 10.5 Å². The lowest BCUT2D eigenvalue weighted by Gasteiger charge is -2.13. The molecule has 0 saturated carbocycles. The van der Waals surface area contributed by atoms with Crippen molar-refractivity contribution >= 4 is 11.8 Å². The van der Waals surface area contributed by atoms with Crippen molar-refractivity contribution in [2.45, 2.75) is 11.8 Å². The Hall–Kier alpha value is -3.75. The predicted molar refractivity (Wildman–Crippen MR) is 109 cm³/mol. The zero-order chi connectivity index (χ0) is 20.6. The van der Waals surface area contributed by atoms with Crippen LogP contribution < -0.4 is 15.0 Å². The molecule has 8 heteroatoms. The summed E-state index contributed by atoms with van der Waals surface area (Å²) in [6, 6.07) is 18.7. The number of nitrogens with zero attached hydrogens (tertiary/aromatic N) is 3.